The second kappa shape index (κ2) is 10.9. The molecule has 4 rings (SSSR count). The van der Waals surface area contributed by atoms with E-state index in [1.54, 1.807) is 6.21 Å². The molecule has 0 aliphatic heterocycles. The minimum atomic E-state index is -0.826. The first-order valence-corrected chi connectivity index (χ1v) is 10.9. The van der Waals surface area contributed by atoms with Crippen LogP contribution in [0.4, 0.5) is 0 Å². The Morgan fingerprint density at radius 1 is 0.697 bits per heavy atom. The van der Waals surface area contributed by atoms with Gasteiger partial charge in [-0.3, -0.25) is 4.79 Å². The average molecular weight is 436 g/mol. The van der Waals surface area contributed by atoms with E-state index in [-0.39, 0.29) is 6.42 Å². The van der Waals surface area contributed by atoms with E-state index in [4.69, 9.17) is 9.94 Å². The zero-order chi connectivity index (χ0) is 22.9. The fraction of sp³-hybridized carbons (Fsp3) is 0.103. The summed E-state index contributed by atoms with van der Waals surface area (Å²) in [6.45, 7) is 0.428. The molecule has 4 aromatic rings. The van der Waals surface area contributed by atoms with Crippen LogP contribution in [-0.2, 0) is 29.1 Å². The van der Waals surface area contributed by atoms with Crippen LogP contribution in [0.1, 0.15) is 16.7 Å². The summed E-state index contributed by atoms with van der Waals surface area (Å²) in [5.41, 5.74) is 7.43. The van der Waals surface area contributed by atoms with Gasteiger partial charge >= 0.3 is 5.97 Å². The zero-order valence-corrected chi connectivity index (χ0v) is 18.2. The van der Waals surface area contributed by atoms with Gasteiger partial charge in [0.15, 0.2) is 0 Å². The minimum Gasteiger partial charge on any atom is -0.481 e. The molecule has 4 nitrogen and oxygen atoms in total. The molecular weight excluding hydrogens is 410 g/mol. The highest BCUT2D eigenvalue weighted by molar-refractivity contribution is 5.72. The molecule has 164 valence electrons. The summed E-state index contributed by atoms with van der Waals surface area (Å²) in [5.74, 6) is -0.826. The van der Waals surface area contributed by atoms with Crippen LogP contribution in [-0.4, -0.2) is 17.3 Å². The highest BCUT2D eigenvalue weighted by Crippen LogP contribution is 2.22. The lowest BCUT2D eigenvalue weighted by molar-refractivity contribution is -0.136. The van der Waals surface area contributed by atoms with Crippen LogP contribution in [0.25, 0.3) is 22.3 Å². The van der Waals surface area contributed by atoms with Crippen molar-refractivity contribution in [2.24, 2.45) is 5.16 Å². The van der Waals surface area contributed by atoms with Crippen LogP contribution in [0.5, 0.6) is 0 Å². The van der Waals surface area contributed by atoms with Crippen molar-refractivity contribution in [2.75, 3.05) is 0 Å². The molecule has 0 amide bonds. The SMILES string of the molecule is O=C(O)Cc1cccc(-c2ccc(CC=NOCc3ccc(-c4ccccc4)cc3)cc2)c1. The zero-order valence-electron chi connectivity index (χ0n) is 18.2. The third-order valence-corrected chi connectivity index (χ3v) is 5.34. The molecule has 0 radical (unpaired) electrons. The van der Waals surface area contributed by atoms with Gasteiger partial charge in [0.25, 0.3) is 0 Å². The molecule has 0 saturated heterocycles. The van der Waals surface area contributed by atoms with E-state index in [2.05, 4.69) is 41.6 Å². The topological polar surface area (TPSA) is 58.9 Å². The molecule has 0 bridgehead atoms. The van der Waals surface area contributed by atoms with E-state index in [9.17, 15) is 4.79 Å². The van der Waals surface area contributed by atoms with E-state index < -0.39 is 5.97 Å². The monoisotopic (exact) mass is 435 g/mol. The number of carboxylic acids is 1. The van der Waals surface area contributed by atoms with Gasteiger partial charge in [0.1, 0.15) is 6.61 Å². The van der Waals surface area contributed by atoms with Crippen LogP contribution < -0.4 is 0 Å². The lowest BCUT2D eigenvalue weighted by atomic mass is 10.0. The summed E-state index contributed by atoms with van der Waals surface area (Å²) < 4.78 is 0. The second-order valence-corrected chi connectivity index (χ2v) is 7.80. The Bertz CT molecular complexity index is 1210. The molecule has 0 spiro atoms. The maximum Gasteiger partial charge on any atom is 0.307 e. The quantitative estimate of drug-likeness (QED) is 0.245. The summed E-state index contributed by atoms with van der Waals surface area (Å²) in [4.78, 5) is 16.4. The van der Waals surface area contributed by atoms with Gasteiger partial charge < -0.3 is 9.94 Å². The minimum absolute atomic E-state index is 0.0273. The Morgan fingerprint density at radius 2 is 1.30 bits per heavy atom. The van der Waals surface area contributed by atoms with Crippen molar-refractivity contribution in [3.8, 4) is 22.3 Å². The number of rotatable bonds is 9. The van der Waals surface area contributed by atoms with Crippen LogP contribution in [0.15, 0.2) is 108 Å². The molecule has 0 aromatic heterocycles. The van der Waals surface area contributed by atoms with Gasteiger partial charge in [-0.25, -0.2) is 0 Å². The molecule has 0 aliphatic carbocycles. The molecular formula is C29H25NO3. The molecule has 0 fully saturated rings. The molecule has 33 heavy (non-hydrogen) atoms. The Labute approximate surface area is 193 Å². The third-order valence-electron chi connectivity index (χ3n) is 5.34. The lowest BCUT2D eigenvalue weighted by Crippen LogP contribution is -1.99. The summed E-state index contributed by atoms with van der Waals surface area (Å²) in [6.07, 6.45) is 2.46. The van der Waals surface area contributed by atoms with Gasteiger partial charge in [-0.05, 0) is 38.9 Å². The maximum atomic E-state index is 10.9. The number of benzene rings is 4. The molecule has 0 aliphatic rings. The number of hydrogen-bond acceptors (Lipinski definition) is 3. The largest absolute Gasteiger partial charge is 0.481 e. The summed E-state index contributed by atoms with van der Waals surface area (Å²) in [7, 11) is 0. The molecule has 0 atom stereocenters. The van der Waals surface area contributed by atoms with Crippen molar-refractivity contribution < 1.29 is 14.7 Å². The van der Waals surface area contributed by atoms with Gasteiger partial charge in [-0.2, -0.15) is 0 Å². The predicted molar refractivity (Wildman–Crippen MR) is 132 cm³/mol. The number of hydrogen-bond donors (Lipinski definition) is 1. The van der Waals surface area contributed by atoms with Crippen molar-refractivity contribution in [1.29, 1.82) is 0 Å². The fourth-order valence-electron chi connectivity index (χ4n) is 3.60. The standard InChI is InChI=1S/C29H25NO3/c31-29(32)20-24-5-4-8-28(19-24)27-13-9-22(10-14-27)17-18-30-33-21-23-11-15-26(16-12-23)25-6-2-1-3-7-25/h1-16,18-19H,17,20-21H2,(H,31,32). The number of aliphatic carboxylic acids is 1. The van der Waals surface area contributed by atoms with Gasteiger partial charge in [0.2, 0.25) is 0 Å². The second-order valence-electron chi connectivity index (χ2n) is 7.80. The van der Waals surface area contributed by atoms with E-state index >= 15 is 0 Å². The van der Waals surface area contributed by atoms with Crippen LogP contribution >= 0.6 is 0 Å². The molecule has 4 aromatic carbocycles. The van der Waals surface area contributed by atoms with Gasteiger partial charge in [0.05, 0.1) is 6.42 Å². The Hall–Kier alpha value is -4.18. The average Bonchev–Trinajstić information content (AvgIpc) is 2.85. The first-order chi connectivity index (χ1) is 16.2. The van der Waals surface area contributed by atoms with Crippen molar-refractivity contribution in [1.82, 2.24) is 0 Å². The van der Waals surface area contributed by atoms with Crippen molar-refractivity contribution in [3.05, 3.63) is 120 Å². The van der Waals surface area contributed by atoms with Crippen molar-refractivity contribution in [3.63, 3.8) is 0 Å². The lowest BCUT2D eigenvalue weighted by Gasteiger charge is -2.05. The van der Waals surface area contributed by atoms with E-state index in [0.717, 1.165) is 27.8 Å². The van der Waals surface area contributed by atoms with Crippen LogP contribution in [0.3, 0.4) is 0 Å². The first kappa shape index (κ1) is 22.0. The van der Waals surface area contributed by atoms with Crippen LogP contribution in [0.2, 0.25) is 0 Å². The molecule has 0 saturated carbocycles. The highest BCUT2D eigenvalue weighted by Gasteiger charge is 2.03. The molecule has 0 unspecified atom stereocenters. The summed E-state index contributed by atoms with van der Waals surface area (Å²) >= 11 is 0. The van der Waals surface area contributed by atoms with Crippen molar-refractivity contribution >= 4 is 12.2 Å². The number of nitrogens with zero attached hydrogens (tertiary/aromatic N) is 1. The number of oxime groups is 1. The first-order valence-electron chi connectivity index (χ1n) is 10.9. The van der Waals surface area contributed by atoms with E-state index in [0.29, 0.717) is 13.0 Å². The molecule has 1 N–H and O–H groups in total. The normalized spacial score (nSPS) is 10.9. The summed E-state index contributed by atoms with van der Waals surface area (Å²) in [6, 6.07) is 34.4. The maximum absolute atomic E-state index is 10.9. The van der Waals surface area contributed by atoms with E-state index in [1.165, 1.54) is 11.1 Å². The Balaban J connectivity index is 1.26. The Kier molecular flexibility index (Phi) is 7.29. The number of carbonyl (C=O) groups is 1. The third kappa shape index (κ3) is 6.40. The molecule has 4 heteroatoms. The van der Waals surface area contributed by atoms with Gasteiger partial charge in [-0.15, -0.1) is 0 Å². The smallest absolute Gasteiger partial charge is 0.307 e. The predicted octanol–water partition coefficient (Wildman–Crippen LogP) is 6.39. The summed E-state index contributed by atoms with van der Waals surface area (Å²) in [5, 5.41) is 13.1. The van der Waals surface area contributed by atoms with E-state index in [1.807, 2.05) is 66.7 Å². The molecule has 0 heterocycles. The Morgan fingerprint density at radius 3 is 2.00 bits per heavy atom. The fourth-order valence-corrected chi connectivity index (χ4v) is 3.60. The number of carboxylic acid groups (broad SMARTS) is 1. The van der Waals surface area contributed by atoms with Crippen molar-refractivity contribution in [2.45, 2.75) is 19.4 Å². The van der Waals surface area contributed by atoms with Gasteiger partial charge in [-0.1, -0.05) is 108 Å². The van der Waals surface area contributed by atoms with Gasteiger partial charge in [0, 0.05) is 12.6 Å². The van der Waals surface area contributed by atoms with Crippen LogP contribution in [0, 0.1) is 0 Å². The highest BCUT2D eigenvalue weighted by atomic mass is 16.6.